The molecule has 0 aromatic heterocycles. The maximum absolute atomic E-state index is 14.0. The van der Waals surface area contributed by atoms with Crippen LogP contribution in [0.3, 0.4) is 0 Å². The normalized spacial score (nSPS) is 33.8. The molecule has 2 aliphatic carbocycles. The Hall–Kier alpha value is -0.800. The van der Waals surface area contributed by atoms with E-state index < -0.39 is 29.8 Å². The van der Waals surface area contributed by atoms with Gasteiger partial charge in [0.2, 0.25) is 5.92 Å². The van der Waals surface area contributed by atoms with Gasteiger partial charge in [0.1, 0.15) is 6.10 Å². The number of quaternary nitrogens is 1. The minimum Gasteiger partial charge on any atom is -1.00 e. The fraction of sp³-hybridized carbons (Fsp3) is 0.696. The number of esters is 1. The Balaban J connectivity index is 0.00000256. The second-order valence-corrected chi connectivity index (χ2v) is 10.0. The maximum atomic E-state index is 14.0. The first kappa shape index (κ1) is 23.9. The Morgan fingerprint density at radius 2 is 1.73 bits per heavy atom. The molecule has 168 valence electrons. The predicted molar refractivity (Wildman–Crippen MR) is 105 cm³/mol. The highest BCUT2D eigenvalue weighted by atomic mass is 127. The molecular weight excluding hydrogens is 503 g/mol. The molecule has 30 heavy (non-hydrogen) atoms. The number of aliphatic hydroxyl groups is 1. The van der Waals surface area contributed by atoms with Crippen LogP contribution >= 0.6 is 0 Å². The van der Waals surface area contributed by atoms with E-state index in [-0.39, 0.29) is 54.8 Å². The zero-order chi connectivity index (χ0) is 20.9. The Bertz CT molecular complexity index is 744. The molecule has 7 heteroatoms. The van der Waals surface area contributed by atoms with Gasteiger partial charge in [-0.3, -0.25) is 0 Å². The number of nitrogens with zero attached hydrogens (tertiary/aromatic N) is 1. The van der Waals surface area contributed by atoms with E-state index in [1.165, 1.54) is 0 Å². The molecule has 3 aliphatic rings. The van der Waals surface area contributed by atoms with E-state index in [2.05, 4.69) is 14.1 Å². The number of halogens is 3. The van der Waals surface area contributed by atoms with Crippen LogP contribution in [0.25, 0.3) is 0 Å². The summed E-state index contributed by atoms with van der Waals surface area (Å²) in [4.78, 5) is 13.4. The predicted octanol–water partition coefficient (Wildman–Crippen LogP) is 0.732. The number of benzene rings is 1. The molecule has 0 amide bonds. The lowest BCUT2D eigenvalue weighted by Crippen LogP contribution is -3.00. The molecule has 2 bridgehead atoms. The topological polar surface area (TPSA) is 46.5 Å². The third kappa shape index (κ3) is 4.53. The molecule has 0 radical (unpaired) electrons. The third-order valence-corrected chi connectivity index (χ3v) is 7.30. The van der Waals surface area contributed by atoms with E-state index in [4.69, 9.17) is 4.74 Å². The molecule has 1 saturated heterocycles. The number of likely N-dealkylation sites (tertiary alicyclic amines) is 1. The Morgan fingerprint density at radius 1 is 1.13 bits per heavy atom. The van der Waals surface area contributed by atoms with Crippen LogP contribution < -0.4 is 24.0 Å². The van der Waals surface area contributed by atoms with Gasteiger partial charge in [0.05, 0.1) is 27.2 Å². The van der Waals surface area contributed by atoms with Crippen LogP contribution in [0.15, 0.2) is 30.3 Å². The number of carbonyl (C=O) groups excluding carboxylic acids is 1. The summed E-state index contributed by atoms with van der Waals surface area (Å²) in [7, 11) is 4.40. The van der Waals surface area contributed by atoms with E-state index in [0.717, 1.165) is 36.8 Å². The standard InChI is InChI=1S/C23H32F2NO3.HI/c1-26(2)14-16-7-6-8-17(15-26)20(16)29-21(27)23(28,18-9-4-3-5-10-18)19-11-12-22(24,25)13-19;/h3-5,9-10,16-17,19-20,28H,6-8,11-15H2,1-2H3;1H/q+1;/p-1/t16?,17?,19-,20?,23+;/m1./s1. The van der Waals surface area contributed by atoms with E-state index >= 15 is 0 Å². The van der Waals surface area contributed by atoms with Crippen LogP contribution in [0.1, 0.15) is 44.1 Å². The molecule has 1 heterocycles. The Kier molecular flexibility index (Phi) is 6.85. The average molecular weight is 535 g/mol. The highest BCUT2D eigenvalue weighted by molar-refractivity contribution is 5.82. The number of ether oxygens (including phenoxy) is 1. The Labute approximate surface area is 194 Å². The summed E-state index contributed by atoms with van der Waals surface area (Å²) in [6.45, 7) is 1.86. The molecule has 3 fully saturated rings. The molecule has 1 aromatic carbocycles. The van der Waals surface area contributed by atoms with Crippen molar-refractivity contribution in [1.29, 1.82) is 0 Å². The number of piperidine rings is 1. The number of hydrogen-bond acceptors (Lipinski definition) is 3. The van der Waals surface area contributed by atoms with Gasteiger partial charge in [-0.2, -0.15) is 0 Å². The number of carbonyl (C=O) groups is 1. The zero-order valence-corrected chi connectivity index (χ0v) is 19.9. The van der Waals surface area contributed by atoms with Crippen LogP contribution in [-0.2, 0) is 15.1 Å². The highest BCUT2D eigenvalue weighted by Crippen LogP contribution is 2.49. The van der Waals surface area contributed by atoms with Crippen LogP contribution in [-0.4, -0.2) is 54.8 Å². The third-order valence-electron chi connectivity index (χ3n) is 7.30. The highest BCUT2D eigenvalue weighted by Gasteiger charge is 2.56. The van der Waals surface area contributed by atoms with Gasteiger partial charge in [-0.15, -0.1) is 0 Å². The fourth-order valence-electron chi connectivity index (χ4n) is 6.02. The number of hydrogen-bond donors (Lipinski definition) is 1. The summed E-state index contributed by atoms with van der Waals surface area (Å²) >= 11 is 0. The van der Waals surface area contributed by atoms with Crippen molar-refractivity contribution in [2.45, 2.75) is 56.2 Å². The van der Waals surface area contributed by atoms with Crippen molar-refractivity contribution in [3.63, 3.8) is 0 Å². The largest absolute Gasteiger partial charge is 1.00 e. The summed E-state index contributed by atoms with van der Waals surface area (Å²) in [6, 6.07) is 8.49. The number of rotatable bonds is 4. The quantitative estimate of drug-likeness (QED) is 0.352. The Morgan fingerprint density at radius 3 is 2.27 bits per heavy atom. The van der Waals surface area contributed by atoms with Crippen molar-refractivity contribution < 1.29 is 51.9 Å². The SMILES string of the molecule is C[N+]1(C)CC2CCCC(C1)C2OC(=O)[C@](O)(c1ccccc1)[C@@H]1CCC(F)(F)C1.[I-]. The van der Waals surface area contributed by atoms with Gasteiger partial charge in [0.25, 0.3) is 0 Å². The van der Waals surface area contributed by atoms with Gasteiger partial charge in [-0.05, 0) is 24.8 Å². The first-order valence-electron chi connectivity index (χ1n) is 10.8. The molecule has 1 N–H and O–H groups in total. The summed E-state index contributed by atoms with van der Waals surface area (Å²) in [5, 5.41) is 11.6. The summed E-state index contributed by atoms with van der Waals surface area (Å²) in [5.74, 6) is -3.93. The average Bonchev–Trinajstić information content (AvgIpc) is 3.02. The lowest BCUT2D eigenvalue weighted by atomic mass is 9.74. The van der Waals surface area contributed by atoms with Crippen molar-refractivity contribution in [2.24, 2.45) is 17.8 Å². The van der Waals surface area contributed by atoms with Gasteiger partial charge in [-0.1, -0.05) is 36.8 Å². The zero-order valence-electron chi connectivity index (χ0n) is 17.7. The van der Waals surface area contributed by atoms with Gasteiger partial charge >= 0.3 is 5.97 Å². The summed E-state index contributed by atoms with van der Waals surface area (Å²) < 4.78 is 34.9. The van der Waals surface area contributed by atoms with Crippen LogP contribution in [0.2, 0.25) is 0 Å². The van der Waals surface area contributed by atoms with Crippen molar-refractivity contribution in [3.05, 3.63) is 35.9 Å². The lowest BCUT2D eigenvalue weighted by Gasteiger charge is -2.49. The lowest BCUT2D eigenvalue weighted by molar-refractivity contribution is -0.905. The molecule has 4 rings (SSSR count). The van der Waals surface area contributed by atoms with Crippen molar-refractivity contribution in [1.82, 2.24) is 0 Å². The van der Waals surface area contributed by atoms with Crippen LogP contribution in [0.4, 0.5) is 8.78 Å². The first-order chi connectivity index (χ1) is 13.6. The van der Waals surface area contributed by atoms with E-state index in [1.807, 2.05) is 0 Å². The van der Waals surface area contributed by atoms with E-state index in [1.54, 1.807) is 30.3 Å². The van der Waals surface area contributed by atoms with Crippen molar-refractivity contribution >= 4 is 5.97 Å². The summed E-state index contributed by atoms with van der Waals surface area (Å²) in [5.41, 5.74) is -1.68. The van der Waals surface area contributed by atoms with Gasteiger partial charge in [0, 0.05) is 30.6 Å². The van der Waals surface area contributed by atoms with Crippen LogP contribution in [0.5, 0.6) is 0 Å². The second kappa shape index (κ2) is 8.62. The molecular formula is C23H32F2INO3. The van der Waals surface area contributed by atoms with E-state index in [9.17, 15) is 18.7 Å². The molecule has 0 spiro atoms. The van der Waals surface area contributed by atoms with Crippen LogP contribution in [0, 0.1) is 17.8 Å². The number of alkyl halides is 2. The maximum Gasteiger partial charge on any atom is 0.343 e. The smallest absolute Gasteiger partial charge is 0.343 e. The number of fused-ring (bicyclic) bond motifs is 2. The van der Waals surface area contributed by atoms with Gasteiger partial charge < -0.3 is 38.3 Å². The van der Waals surface area contributed by atoms with Gasteiger partial charge in [-0.25, -0.2) is 13.6 Å². The fourth-order valence-corrected chi connectivity index (χ4v) is 6.02. The minimum absolute atomic E-state index is 0. The second-order valence-electron chi connectivity index (χ2n) is 10.0. The molecule has 4 atom stereocenters. The minimum atomic E-state index is -2.85. The molecule has 2 saturated carbocycles. The molecule has 1 aliphatic heterocycles. The van der Waals surface area contributed by atoms with E-state index in [0.29, 0.717) is 5.56 Å². The van der Waals surface area contributed by atoms with Crippen molar-refractivity contribution in [3.8, 4) is 0 Å². The molecule has 1 aromatic rings. The monoisotopic (exact) mass is 535 g/mol. The van der Waals surface area contributed by atoms with Crippen molar-refractivity contribution in [2.75, 3.05) is 27.2 Å². The molecule has 4 nitrogen and oxygen atoms in total. The van der Waals surface area contributed by atoms with Gasteiger partial charge in [0.15, 0.2) is 5.60 Å². The first-order valence-corrected chi connectivity index (χ1v) is 10.8. The molecule has 2 unspecified atom stereocenters. The summed E-state index contributed by atoms with van der Waals surface area (Å²) in [6.07, 6.45) is 2.20.